The lowest BCUT2D eigenvalue weighted by Crippen LogP contribution is -2.36. The Morgan fingerprint density at radius 2 is 2.19 bits per heavy atom. The fraction of sp³-hybridized carbons (Fsp3) is 0.600. The lowest BCUT2D eigenvalue weighted by molar-refractivity contribution is -0.142. The van der Waals surface area contributed by atoms with Crippen molar-refractivity contribution in [2.45, 2.75) is 38.6 Å². The minimum Gasteiger partial charge on any atom is -0.481 e. The molecule has 4 atom stereocenters. The second-order valence-corrected chi connectivity index (χ2v) is 6.01. The predicted octanol–water partition coefficient (Wildman–Crippen LogP) is 0.943. The molecule has 112 valence electrons. The zero-order valence-electron chi connectivity index (χ0n) is 12.0. The van der Waals surface area contributed by atoms with Gasteiger partial charge in [0.15, 0.2) is 0 Å². The molecular formula is C15H19N3O3. The molecule has 0 unspecified atom stereocenters. The van der Waals surface area contributed by atoms with Gasteiger partial charge in [-0.25, -0.2) is 9.97 Å². The normalized spacial score (nSPS) is 29.8. The number of fused-ring (bicyclic) bond motifs is 1. The minimum absolute atomic E-state index is 0.0204. The Kier molecular flexibility index (Phi) is 3.61. The van der Waals surface area contributed by atoms with Gasteiger partial charge in [0.25, 0.3) is 0 Å². The number of aromatic nitrogens is 2. The zero-order valence-corrected chi connectivity index (χ0v) is 12.0. The summed E-state index contributed by atoms with van der Waals surface area (Å²) in [6, 6.07) is 1.85. The van der Waals surface area contributed by atoms with Gasteiger partial charge in [-0.15, -0.1) is 0 Å². The molecule has 21 heavy (non-hydrogen) atoms. The van der Waals surface area contributed by atoms with E-state index in [4.69, 9.17) is 5.11 Å². The number of aryl methyl sites for hydroxylation is 2. The average molecular weight is 289 g/mol. The van der Waals surface area contributed by atoms with Crippen molar-refractivity contribution in [1.82, 2.24) is 15.3 Å². The summed E-state index contributed by atoms with van der Waals surface area (Å²) in [6.45, 7) is 1.82. The second-order valence-electron chi connectivity index (χ2n) is 6.01. The highest BCUT2D eigenvalue weighted by Gasteiger charge is 2.57. The number of hydrogen-bond donors (Lipinski definition) is 2. The van der Waals surface area contributed by atoms with E-state index < -0.39 is 5.97 Å². The molecule has 6 nitrogen and oxygen atoms in total. The van der Waals surface area contributed by atoms with Crippen LogP contribution in [0.25, 0.3) is 0 Å². The zero-order chi connectivity index (χ0) is 15.0. The lowest BCUT2D eigenvalue weighted by Gasteiger charge is -2.15. The Hall–Kier alpha value is -1.98. The number of carbonyl (C=O) groups is 2. The molecule has 0 spiro atoms. The molecule has 1 heterocycles. The van der Waals surface area contributed by atoms with E-state index >= 15 is 0 Å². The van der Waals surface area contributed by atoms with Gasteiger partial charge in [0.1, 0.15) is 5.82 Å². The number of nitrogens with zero attached hydrogens (tertiary/aromatic N) is 2. The second kappa shape index (κ2) is 5.42. The van der Waals surface area contributed by atoms with E-state index in [1.807, 2.05) is 13.0 Å². The van der Waals surface area contributed by atoms with Crippen LogP contribution in [0, 0.1) is 24.7 Å². The molecule has 3 rings (SSSR count). The Morgan fingerprint density at radius 1 is 1.38 bits per heavy atom. The molecule has 2 fully saturated rings. The highest BCUT2D eigenvalue weighted by atomic mass is 16.4. The molecule has 6 heteroatoms. The fourth-order valence-electron chi connectivity index (χ4n) is 3.40. The van der Waals surface area contributed by atoms with Crippen molar-refractivity contribution in [2.24, 2.45) is 17.8 Å². The Bertz CT molecular complexity index is 575. The van der Waals surface area contributed by atoms with Crippen LogP contribution < -0.4 is 5.32 Å². The van der Waals surface area contributed by atoms with Crippen LogP contribution in [0.5, 0.6) is 0 Å². The summed E-state index contributed by atoms with van der Waals surface area (Å²) < 4.78 is 0. The smallest absolute Gasteiger partial charge is 0.306 e. The minimum atomic E-state index is -0.726. The molecule has 0 radical (unpaired) electrons. The van der Waals surface area contributed by atoms with Crippen molar-refractivity contribution in [3.8, 4) is 0 Å². The molecule has 0 aliphatic heterocycles. The van der Waals surface area contributed by atoms with Gasteiger partial charge >= 0.3 is 5.97 Å². The van der Waals surface area contributed by atoms with E-state index in [1.54, 1.807) is 6.20 Å². The average Bonchev–Trinajstić information content (AvgIpc) is 3.14. The first kappa shape index (κ1) is 14.0. The highest BCUT2D eigenvalue weighted by Crippen LogP contribution is 2.55. The third-order valence-electron chi connectivity index (χ3n) is 4.54. The van der Waals surface area contributed by atoms with Crippen molar-refractivity contribution in [3.05, 3.63) is 23.8 Å². The molecule has 1 aromatic heterocycles. The van der Waals surface area contributed by atoms with Crippen molar-refractivity contribution in [3.63, 3.8) is 0 Å². The van der Waals surface area contributed by atoms with Gasteiger partial charge in [-0.05, 0) is 44.1 Å². The summed E-state index contributed by atoms with van der Waals surface area (Å²) in [4.78, 5) is 31.4. The van der Waals surface area contributed by atoms with Crippen LogP contribution in [0.15, 0.2) is 12.3 Å². The third kappa shape index (κ3) is 3.04. The van der Waals surface area contributed by atoms with Gasteiger partial charge in [0.05, 0.1) is 5.92 Å². The number of amides is 1. The standard InChI is InChI=1S/C15H19N3O3/c1-8-16-5-4-9(17-8)2-3-14(19)18-13-7-12(15(20)21)10-6-11(10)13/h4-5,10-13H,2-3,6-7H2,1H3,(H,18,19)(H,20,21)/t10-,11+,12-,13+/m0/s1. The number of rotatable bonds is 5. The topological polar surface area (TPSA) is 92.2 Å². The number of aliphatic carboxylic acids is 1. The van der Waals surface area contributed by atoms with Gasteiger partial charge in [0.2, 0.25) is 5.91 Å². The number of carbonyl (C=O) groups excluding carboxylic acids is 1. The summed E-state index contributed by atoms with van der Waals surface area (Å²) >= 11 is 0. The maximum absolute atomic E-state index is 12.0. The molecule has 0 saturated heterocycles. The molecular weight excluding hydrogens is 270 g/mol. The van der Waals surface area contributed by atoms with Gasteiger partial charge in [-0.3, -0.25) is 9.59 Å². The van der Waals surface area contributed by atoms with Crippen LogP contribution in [0.2, 0.25) is 0 Å². The first-order chi connectivity index (χ1) is 10.0. The predicted molar refractivity (Wildman–Crippen MR) is 74.4 cm³/mol. The Morgan fingerprint density at radius 3 is 2.86 bits per heavy atom. The van der Waals surface area contributed by atoms with E-state index in [2.05, 4.69) is 15.3 Å². The molecule has 2 aliphatic rings. The van der Waals surface area contributed by atoms with Crippen LogP contribution >= 0.6 is 0 Å². The summed E-state index contributed by atoms with van der Waals surface area (Å²) in [5.74, 6) is 0.330. The summed E-state index contributed by atoms with van der Waals surface area (Å²) in [5.41, 5.74) is 0.858. The van der Waals surface area contributed by atoms with Gasteiger partial charge in [-0.2, -0.15) is 0 Å². The largest absolute Gasteiger partial charge is 0.481 e. The summed E-state index contributed by atoms with van der Waals surface area (Å²) in [7, 11) is 0. The first-order valence-corrected chi connectivity index (χ1v) is 7.35. The van der Waals surface area contributed by atoms with E-state index in [-0.39, 0.29) is 23.8 Å². The van der Waals surface area contributed by atoms with Gasteiger partial charge in [0, 0.05) is 24.4 Å². The van der Waals surface area contributed by atoms with Gasteiger partial charge < -0.3 is 10.4 Å². The Balaban J connectivity index is 1.48. The molecule has 1 aromatic rings. The van der Waals surface area contributed by atoms with E-state index in [0.29, 0.717) is 31.0 Å². The maximum Gasteiger partial charge on any atom is 0.306 e. The maximum atomic E-state index is 12.0. The monoisotopic (exact) mass is 289 g/mol. The number of nitrogens with one attached hydrogen (secondary N) is 1. The van der Waals surface area contributed by atoms with E-state index in [9.17, 15) is 9.59 Å². The number of carboxylic acid groups (broad SMARTS) is 1. The summed E-state index contributed by atoms with van der Waals surface area (Å²) in [5, 5.41) is 12.1. The van der Waals surface area contributed by atoms with Crippen molar-refractivity contribution < 1.29 is 14.7 Å². The Labute approximate surface area is 123 Å². The third-order valence-corrected chi connectivity index (χ3v) is 4.54. The SMILES string of the molecule is Cc1nccc(CCC(=O)N[C@@H]2C[C@H](C(=O)O)[C@H]3C[C@H]32)n1. The van der Waals surface area contributed by atoms with Crippen LogP contribution in [-0.4, -0.2) is 33.0 Å². The number of carboxylic acids is 1. The summed E-state index contributed by atoms with van der Waals surface area (Å²) in [6.07, 6.45) is 4.16. The molecule has 1 amide bonds. The van der Waals surface area contributed by atoms with Gasteiger partial charge in [-0.1, -0.05) is 0 Å². The first-order valence-electron chi connectivity index (χ1n) is 7.35. The fourth-order valence-corrected chi connectivity index (χ4v) is 3.40. The van der Waals surface area contributed by atoms with Crippen LogP contribution in [0.4, 0.5) is 0 Å². The molecule has 0 aromatic carbocycles. The molecule has 0 bridgehead atoms. The van der Waals surface area contributed by atoms with E-state index in [0.717, 1.165) is 12.1 Å². The molecule has 2 N–H and O–H groups in total. The van der Waals surface area contributed by atoms with Crippen molar-refractivity contribution in [1.29, 1.82) is 0 Å². The van der Waals surface area contributed by atoms with Crippen molar-refractivity contribution in [2.75, 3.05) is 0 Å². The lowest BCUT2D eigenvalue weighted by atomic mass is 10.0. The number of hydrogen-bond acceptors (Lipinski definition) is 4. The quantitative estimate of drug-likeness (QED) is 0.841. The molecule has 2 aliphatic carbocycles. The van der Waals surface area contributed by atoms with Crippen molar-refractivity contribution >= 4 is 11.9 Å². The van der Waals surface area contributed by atoms with Crippen LogP contribution in [0.3, 0.4) is 0 Å². The van der Waals surface area contributed by atoms with Crippen LogP contribution in [0.1, 0.15) is 30.8 Å². The van der Waals surface area contributed by atoms with Crippen LogP contribution in [-0.2, 0) is 16.0 Å². The highest BCUT2D eigenvalue weighted by molar-refractivity contribution is 5.77. The molecule has 2 saturated carbocycles. The van der Waals surface area contributed by atoms with E-state index in [1.165, 1.54) is 0 Å².